The zero-order valence-electron chi connectivity index (χ0n) is 11.4. The summed E-state index contributed by atoms with van der Waals surface area (Å²) in [6.45, 7) is 3.25. The van der Waals surface area contributed by atoms with Gasteiger partial charge in [-0.1, -0.05) is 25.1 Å². The average Bonchev–Trinajstić information content (AvgIpc) is 2.39. The molecule has 0 radical (unpaired) electrons. The summed E-state index contributed by atoms with van der Waals surface area (Å²) in [5.74, 6) is 0.502. The summed E-state index contributed by atoms with van der Waals surface area (Å²) < 4.78 is 23.0. The summed E-state index contributed by atoms with van der Waals surface area (Å²) in [4.78, 5) is 2.17. The van der Waals surface area contributed by atoms with Gasteiger partial charge in [-0.25, -0.2) is 8.42 Å². The number of benzene rings is 1. The molecule has 0 amide bonds. The second-order valence-electron chi connectivity index (χ2n) is 5.14. The van der Waals surface area contributed by atoms with Gasteiger partial charge in [-0.2, -0.15) is 0 Å². The zero-order valence-corrected chi connectivity index (χ0v) is 12.2. The van der Waals surface area contributed by atoms with Gasteiger partial charge < -0.3 is 10.6 Å². The monoisotopic (exact) mass is 282 g/mol. The van der Waals surface area contributed by atoms with Gasteiger partial charge in [0.05, 0.1) is 11.5 Å². The highest BCUT2D eigenvalue weighted by atomic mass is 32.2. The Hall–Kier alpha value is -1.07. The van der Waals surface area contributed by atoms with Crippen LogP contribution in [0.5, 0.6) is 0 Å². The van der Waals surface area contributed by atoms with E-state index in [1.807, 2.05) is 12.1 Å². The molecule has 1 unspecified atom stereocenters. The molecule has 1 aromatic rings. The first-order valence-corrected chi connectivity index (χ1v) is 8.63. The van der Waals surface area contributed by atoms with Gasteiger partial charge in [0.1, 0.15) is 0 Å². The number of sulfone groups is 1. The Balaban J connectivity index is 2.16. The molecule has 0 bridgehead atoms. The molecule has 0 spiro atoms. The van der Waals surface area contributed by atoms with Gasteiger partial charge in [0.2, 0.25) is 0 Å². The molecule has 0 aromatic heterocycles. The maximum Gasteiger partial charge on any atom is 0.153 e. The van der Waals surface area contributed by atoms with Crippen LogP contribution in [0.4, 0.5) is 5.69 Å². The van der Waals surface area contributed by atoms with Crippen molar-refractivity contribution < 1.29 is 8.42 Å². The molecule has 1 aliphatic rings. The van der Waals surface area contributed by atoms with Gasteiger partial charge in [-0.05, 0) is 24.5 Å². The maximum atomic E-state index is 11.5. The van der Waals surface area contributed by atoms with Crippen molar-refractivity contribution in [3.8, 4) is 0 Å². The van der Waals surface area contributed by atoms with E-state index >= 15 is 0 Å². The summed E-state index contributed by atoms with van der Waals surface area (Å²) in [7, 11) is -2.83. The fourth-order valence-corrected chi connectivity index (χ4v) is 3.57. The van der Waals surface area contributed by atoms with Crippen molar-refractivity contribution in [2.75, 3.05) is 29.5 Å². The highest BCUT2D eigenvalue weighted by Crippen LogP contribution is 2.23. The lowest BCUT2D eigenvalue weighted by molar-refractivity contribution is 0.586. The van der Waals surface area contributed by atoms with E-state index in [0.717, 1.165) is 18.5 Å². The lowest BCUT2D eigenvalue weighted by atomic mass is 10.0. The van der Waals surface area contributed by atoms with Crippen LogP contribution in [-0.4, -0.2) is 39.1 Å². The van der Waals surface area contributed by atoms with E-state index in [2.05, 4.69) is 24.0 Å². The Labute approximate surface area is 115 Å². The molecule has 1 atom stereocenters. The second-order valence-corrected chi connectivity index (χ2v) is 7.44. The first kappa shape index (κ1) is 14.3. The van der Waals surface area contributed by atoms with Crippen molar-refractivity contribution in [2.45, 2.75) is 25.8 Å². The molecule has 0 saturated carbocycles. The lowest BCUT2D eigenvalue weighted by Gasteiger charge is -2.31. The number of nitrogens with zero attached hydrogens (tertiary/aromatic N) is 1. The lowest BCUT2D eigenvalue weighted by Crippen LogP contribution is -2.41. The SMILES string of the molecule is CCC(N)Cc1ccccc1N1CCS(=O)(=O)CC1. The molecule has 2 rings (SSSR count). The minimum Gasteiger partial charge on any atom is -0.369 e. The summed E-state index contributed by atoms with van der Waals surface area (Å²) in [6.07, 6.45) is 1.79. The maximum absolute atomic E-state index is 11.5. The Morgan fingerprint density at radius 2 is 1.89 bits per heavy atom. The molecule has 2 N–H and O–H groups in total. The summed E-state index contributed by atoms with van der Waals surface area (Å²) in [5.41, 5.74) is 8.39. The van der Waals surface area contributed by atoms with Gasteiger partial charge in [0.25, 0.3) is 0 Å². The molecule has 106 valence electrons. The fourth-order valence-electron chi connectivity index (χ4n) is 2.37. The standard InChI is InChI=1S/C14H22N2O2S/c1-2-13(15)11-12-5-3-4-6-14(12)16-7-9-19(17,18)10-8-16/h3-6,13H,2,7-11,15H2,1H3. The molecule has 1 aromatic carbocycles. The zero-order chi connectivity index (χ0) is 13.9. The van der Waals surface area contributed by atoms with Crippen LogP contribution in [0, 0.1) is 0 Å². The second kappa shape index (κ2) is 5.92. The van der Waals surface area contributed by atoms with Crippen molar-refractivity contribution in [1.82, 2.24) is 0 Å². The van der Waals surface area contributed by atoms with Gasteiger partial charge in [-0.15, -0.1) is 0 Å². The van der Waals surface area contributed by atoms with E-state index in [-0.39, 0.29) is 17.5 Å². The van der Waals surface area contributed by atoms with Crippen LogP contribution >= 0.6 is 0 Å². The van der Waals surface area contributed by atoms with Crippen molar-refractivity contribution in [1.29, 1.82) is 0 Å². The third-order valence-corrected chi connectivity index (χ3v) is 5.29. The van der Waals surface area contributed by atoms with E-state index < -0.39 is 9.84 Å². The minimum absolute atomic E-state index is 0.162. The van der Waals surface area contributed by atoms with Crippen molar-refractivity contribution in [2.24, 2.45) is 5.73 Å². The largest absolute Gasteiger partial charge is 0.369 e. The molecular formula is C14H22N2O2S. The van der Waals surface area contributed by atoms with Crippen LogP contribution in [0.2, 0.25) is 0 Å². The van der Waals surface area contributed by atoms with Crippen LogP contribution in [-0.2, 0) is 16.3 Å². The van der Waals surface area contributed by atoms with E-state index in [0.29, 0.717) is 13.1 Å². The third kappa shape index (κ3) is 3.70. The fraction of sp³-hybridized carbons (Fsp3) is 0.571. The summed E-state index contributed by atoms with van der Waals surface area (Å²) in [5, 5.41) is 0. The summed E-state index contributed by atoms with van der Waals surface area (Å²) >= 11 is 0. The molecule has 1 saturated heterocycles. The van der Waals surface area contributed by atoms with Crippen LogP contribution in [0.1, 0.15) is 18.9 Å². The highest BCUT2D eigenvalue weighted by molar-refractivity contribution is 7.91. The third-order valence-electron chi connectivity index (χ3n) is 3.68. The number of nitrogens with two attached hydrogens (primary N) is 1. The quantitative estimate of drug-likeness (QED) is 0.901. The Bertz CT molecular complexity index is 514. The average molecular weight is 282 g/mol. The Morgan fingerprint density at radius 3 is 2.53 bits per heavy atom. The van der Waals surface area contributed by atoms with Gasteiger partial charge >= 0.3 is 0 Å². The molecule has 0 aliphatic carbocycles. The topological polar surface area (TPSA) is 63.4 Å². The first-order valence-electron chi connectivity index (χ1n) is 6.80. The number of rotatable bonds is 4. The summed E-state index contributed by atoms with van der Waals surface area (Å²) in [6, 6.07) is 8.33. The molecule has 19 heavy (non-hydrogen) atoms. The molecule has 5 heteroatoms. The predicted octanol–water partition coefficient (Wildman–Crippen LogP) is 1.20. The number of hydrogen-bond donors (Lipinski definition) is 1. The van der Waals surface area contributed by atoms with E-state index in [1.54, 1.807) is 0 Å². The van der Waals surface area contributed by atoms with E-state index in [9.17, 15) is 8.42 Å². The molecule has 1 heterocycles. The smallest absolute Gasteiger partial charge is 0.153 e. The minimum atomic E-state index is -2.83. The number of hydrogen-bond acceptors (Lipinski definition) is 4. The molecule has 4 nitrogen and oxygen atoms in total. The molecule has 1 aliphatic heterocycles. The van der Waals surface area contributed by atoms with E-state index in [4.69, 9.17) is 5.73 Å². The van der Waals surface area contributed by atoms with Crippen molar-refractivity contribution in [3.63, 3.8) is 0 Å². The van der Waals surface area contributed by atoms with Crippen molar-refractivity contribution >= 4 is 15.5 Å². The highest BCUT2D eigenvalue weighted by Gasteiger charge is 2.23. The Kier molecular flexibility index (Phi) is 4.47. The van der Waals surface area contributed by atoms with Crippen LogP contribution < -0.4 is 10.6 Å². The number of para-hydroxylation sites is 1. The van der Waals surface area contributed by atoms with Gasteiger partial charge in [-0.3, -0.25) is 0 Å². The Morgan fingerprint density at radius 1 is 1.26 bits per heavy atom. The normalized spacial score (nSPS) is 20.2. The van der Waals surface area contributed by atoms with Gasteiger partial charge in [0.15, 0.2) is 9.84 Å². The van der Waals surface area contributed by atoms with Crippen molar-refractivity contribution in [3.05, 3.63) is 29.8 Å². The van der Waals surface area contributed by atoms with Crippen LogP contribution in [0.15, 0.2) is 24.3 Å². The van der Waals surface area contributed by atoms with Crippen LogP contribution in [0.3, 0.4) is 0 Å². The molecular weight excluding hydrogens is 260 g/mol. The number of anilines is 1. The molecule has 1 fully saturated rings. The predicted molar refractivity (Wildman–Crippen MR) is 79.3 cm³/mol. The van der Waals surface area contributed by atoms with E-state index in [1.165, 1.54) is 5.56 Å². The first-order chi connectivity index (χ1) is 9.02. The van der Waals surface area contributed by atoms with Gasteiger partial charge in [0, 0.05) is 24.8 Å². The van der Waals surface area contributed by atoms with Crippen LogP contribution in [0.25, 0.3) is 0 Å².